The second kappa shape index (κ2) is 6.73. The number of nitrogens with one attached hydrogen (secondary N) is 1. The van der Waals surface area contributed by atoms with E-state index in [9.17, 15) is 18.0 Å². The van der Waals surface area contributed by atoms with E-state index in [0.29, 0.717) is 11.1 Å². The Bertz CT molecular complexity index is 664. The number of amides is 1. The number of benzene rings is 2. The second-order valence-corrected chi connectivity index (χ2v) is 5.18. The third-order valence-corrected chi connectivity index (χ3v) is 3.28. The highest BCUT2D eigenvalue weighted by molar-refractivity contribution is 5.94. The highest BCUT2D eigenvalue weighted by atomic mass is 19.4. The molecule has 0 aliphatic heterocycles. The number of rotatable bonds is 4. The Hall–Kier alpha value is -2.50. The quantitative estimate of drug-likeness (QED) is 0.906. The van der Waals surface area contributed by atoms with Gasteiger partial charge in [-0.25, -0.2) is 0 Å². The van der Waals surface area contributed by atoms with Crippen molar-refractivity contribution in [2.24, 2.45) is 0 Å². The van der Waals surface area contributed by atoms with E-state index in [1.807, 2.05) is 19.1 Å². The average molecular weight is 323 g/mol. The monoisotopic (exact) mass is 323 g/mol. The molecule has 1 amide bonds. The Morgan fingerprint density at radius 1 is 1.04 bits per heavy atom. The number of alkyl halides is 3. The number of aryl methyl sites for hydroxylation is 1. The van der Waals surface area contributed by atoms with Gasteiger partial charge in [-0.15, -0.1) is 13.2 Å². The molecule has 0 radical (unpaired) electrons. The van der Waals surface area contributed by atoms with Crippen LogP contribution >= 0.6 is 0 Å². The van der Waals surface area contributed by atoms with Crippen LogP contribution in [0.1, 0.15) is 34.5 Å². The molecule has 2 aromatic rings. The minimum absolute atomic E-state index is 0.242. The van der Waals surface area contributed by atoms with Gasteiger partial charge in [0.1, 0.15) is 5.75 Å². The summed E-state index contributed by atoms with van der Waals surface area (Å²) in [6, 6.07) is 12.2. The summed E-state index contributed by atoms with van der Waals surface area (Å²) in [5.74, 6) is -0.536. The lowest BCUT2D eigenvalue weighted by Gasteiger charge is -2.15. The van der Waals surface area contributed by atoms with Crippen molar-refractivity contribution in [2.75, 3.05) is 0 Å². The number of hydrogen-bond acceptors (Lipinski definition) is 2. The zero-order valence-corrected chi connectivity index (χ0v) is 12.6. The molecular formula is C17H16F3NO2. The van der Waals surface area contributed by atoms with Gasteiger partial charge in [0.2, 0.25) is 0 Å². The van der Waals surface area contributed by atoms with E-state index in [2.05, 4.69) is 10.1 Å². The molecule has 0 heterocycles. The van der Waals surface area contributed by atoms with Crippen LogP contribution in [0.5, 0.6) is 5.75 Å². The third-order valence-electron chi connectivity index (χ3n) is 3.28. The van der Waals surface area contributed by atoms with Gasteiger partial charge in [-0.1, -0.05) is 29.8 Å². The third kappa shape index (κ3) is 5.02. The molecule has 3 nitrogen and oxygen atoms in total. The molecule has 2 rings (SSSR count). The SMILES string of the molecule is Cc1ccc(C(=O)NC(C)c2ccc(OC(F)(F)F)cc2)cc1. The van der Waals surface area contributed by atoms with E-state index in [-0.39, 0.29) is 17.7 Å². The Morgan fingerprint density at radius 2 is 1.61 bits per heavy atom. The van der Waals surface area contributed by atoms with Gasteiger partial charge < -0.3 is 10.1 Å². The summed E-state index contributed by atoms with van der Waals surface area (Å²) in [7, 11) is 0. The van der Waals surface area contributed by atoms with Gasteiger partial charge >= 0.3 is 6.36 Å². The fourth-order valence-electron chi connectivity index (χ4n) is 2.03. The first-order valence-corrected chi connectivity index (χ1v) is 6.98. The van der Waals surface area contributed by atoms with Crippen molar-refractivity contribution in [1.29, 1.82) is 0 Å². The van der Waals surface area contributed by atoms with Gasteiger partial charge in [-0.05, 0) is 43.7 Å². The summed E-state index contributed by atoms with van der Waals surface area (Å²) in [4.78, 5) is 12.1. The highest BCUT2D eigenvalue weighted by Crippen LogP contribution is 2.24. The van der Waals surface area contributed by atoms with Gasteiger partial charge in [0.15, 0.2) is 0 Å². The molecule has 0 aromatic heterocycles. The van der Waals surface area contributed by atoms with Crippen molar-refractivity contribution in [3.63, 3.8) is 0 Å². The predicted octanol–water partition coefficient (Wildman–Crippen LogP) is 4.38. The molecule has 122 valence electrons. The Balaban J connectivity index is 2.01. The Morgan fingerprint density at radius 3 is 2.13 bits per heavy atom. The molecule has 1 N–H and O–H groups in total. The van der Waals surface area contributed by atoms with Gasteiger partial charge in [-0.2, -0.15) is 0 Å². The zero-order chi connectivity index (χ0) is 17.0. The highest BCUT2D eigenvalue weighted by Gasteiger charge is 2.31. The van der Waals surface area contributed by atoms with E-state index in [0.717, 1.165) is 5.56 Å². The first-order valence-electron chi connectivity index (χ1n) is 6.98. The molecule has 0 spiro atoms. The van der Waals surface area contributed by atoms with Gasteiger partial charge in [0.05, 0.1) is 6.04 Å². The smallest absolute Gasteiger partial charge is 0.406 e. The summed E-state index contributed by atoms with van der Waals surface area (Å²) >= 11 is 0. The maximum atomic E-state index is 12.1. The molecule has 0 saturated heterocycles. The fraction of sp³-hybridized carbons (Fsp3) is 0.235. The number of ether oxygens (including phenoxy) is 1. The van der Waals surface area contributed by atoms with Crippen LogP contribution in [0.2, 0.25) is 0 Å². The summed E-state index contributed by atoms with van der Waals surface area (Å²) in [5, 5.41) is 2.80. The lowest BCUT2D eigenvalue weighted by atomic mass is 10.1. The van der Waals surface area contributed by atoms with Crippen LogP contribution in [0, 0.1) is 6.92 Å². The van der Waals surface area contributed by atoms with Crippen LogP contribution in [0.4, 0.5) is 13.2 Å². The van der Waals surface area contributed by atoms with Crippen molar-refractivity contribution >= 4 is 5.91 Å². The molecule has 2 aromatic carbocycles. The van der Waals surface area contributed by atoms with Crippen molar-refractivity contribution in [3.8, 4) is 5.75 Å². The number of carbonyl (C=O) groups excluding carboxylic acids is 1. The zero-order valence-electron chi connectivity index (χ0n) is 12.6. The lowest BCUT2D eigenvalue weighted by Crippen LogP contribution is -2.26. The summed E-state index contributed by atoms with van der Waals surface area (Å²) in [5.41, 5.74) is 2.26. The normalized spacial score (nSPS) is 12.6. The summed E-state index contributed by atoms with van der Waals surface area (Å²) in [6.45, 7) is 3.68. The molecule has 1 unspecified atom stereocenters. The van der Waals surface area contributed by atoms with E-state index >= 15 is 0 Å². The van der Waals surface area contributed by atoms with E-state index in [1.54, 1.807) is 19.1 Å². The van der Waals surface area contributed by atoms with E-state index < -0.39 is 6.36 Å². The van der Waals surface area contributed by atoms with Crippen molar-refractivity contribution in [3.05, 3.63) is 65.2 Å². The van der Waals surface area contributed by atoms with E-state index in [1.165, 1.54) is 24.3 Å². The summed E-state index contributed by atoms with van der Waals surface area (Å²) in [6.07, 6.45) is -4.72. The van der Waals surface area contributed by atoms with Crippen LogP contribution < -0.4 is 10.1 Å². The molecule has 0 saturated carbocycles. The fourth-order valence-corrected chi connectivity index (χ4v) is 2.03. The van der Waals surface area contributed by atoms with Crippen LogP contribution in [0.3, 0.4) is 0 Å². The number of halogens is 3. The summed E-state index contributed by atoms with van der Waals surface area (Å²) < 4.78 is 40.1. The molecule has 0 fully saturated rings. The van der Waals surface area contributed by atoms with Crippen molar-refractivity contribution in [1.82, 2.24) is 5.32 Å². The average Bonchev–Trinajstić information content (AvgIpc) is 2.46. The molecule has 0 aliphatic carbocycles. The molecule has 0 bridgehead atoms. The van der Waals surface area contributed by atoms with Crippen LogP contribution in [0.25, 0.3) is 0 Å². The van der Waals surface area contributed by atoms with Crippen molar-refractivity contribution < 1.29 is 22.7 Å². The number of carbonyl (C=O) groups is 1. The molecular weight excluding hydrogens is 307 g/mol. The molecule has 0 aliphatic rings. The minimum atomic E-state index is -4.72. The standard InChI is InChI=1S/C17H16F3NO2/c1-11-3-5-14(6-4-11)16(22)21-12(2)13-7-9-15(10-8-13)23-17(18,19)20/h3-10,12H,1-2H3,(H,21,22). The Kier molecular flexibility index (Phi) is 4.93. The minimum Gasteiger partial charge on any atom is -0.406 e. The Labute approximate surface area is 132 Å². The molecule has 23 heavy (non-hydrogen) atoms. The molecule has 6 heteroatoms. The van der Waals surface area contributed by atoms with Gasteiger partial charge in [-0.3, -0.25) is 4.79 Å². The second-order valence-electron chi connectivity index (χ2n) is 5.18. The maximum Gasteiger partial charge on any atom is 0.573 e. The van der Waals surface area contributed by atoms with E-state index in [4.69, 9.17) is 0 Å². The first-order chi connectivity index (χ1) is 10.7. The maximum absolute atomic E-state index is 12.1. The van der Waals surface area contributed by atoms with Crippen LogP contribution in [-0.2, 0) is 0 Å². The predicted molar refractivity (Wildman–Crippen MR) is 80.2 cm³/mol. The van der Waals surface area contributed by atoms with Crippen molar-refractivity contribution in [2.45, 2.75) is 26.3 Å². The largest absolute Gasteiger partial charge is 0.573 e. The van der Waals surface area contributed by atoms with Crippen LogP contribution in [-0.4, -0.2) is 12.3 Å². The van der Waals surface area contributed by atoms with Gasteiger partial charge in [0, 0.05) is 5.56 Å². The number of hydrogen-bond donors (Lipinski definition) is 1. The molecule has 1 atom stereocenters. The van der Waals surface area contributed by atoms with Crippen LogP contribution in [0.15, 0.2) is 48.5 Å². The lowest BCUT2D eigenvalue weighted by molar-refractivity contribution is -0.274. The topological polar surface area (TPSA) is 38.3 Å². The van der Waals surface area contributed by atoms with Gasteiger partial charge in [0.25, 0.3) is 5.91 Å². The first kappa shape index (κ1) is 16.9.